The SMILES string of the molecule is CCNC1CCN(c2nc(OCC3CCCN3C)nc3c(F)c(-c4cc(C)cc5[nH]ncc45)ncc23)C1. The van der Waals surface area contributed by atoms with Crippen LogP contribution in [0.3, 0.4) is 0 Å². The van der Waals surface area contributed by atoms with Crippen molar-refractivity contribution in [2.45, 2.75) is 45.2 Å². The summed E-state index contributed by atoms with van der Waals surface area (Å²) in [5.41, 5.74) is 3.01. The predicted molar refractivity (Wildman–Crippen MR) is 143 cm³/mol. The summed E-state index contributed by atoms with van der Waals surface area (Å²) in [6, 6.07) is 4.82. The Kier molecular flexibility index (Phi) is 6.37. The summed E-state index contributed by atoms with van der Waals surface area (Å²) in [5, 5.41) is 12.1. The number of halogens is 1. The lowest BCUT2D eigenvalue weighted by atomic mass is 10.0. The standard InChI is InChI=1S/C27H33FN8O/c1-4-29-17-7-9-36(14-17)26-21-12-30-24(19-10-16(2)11-22-20(19)13-31-34-22)23(28)25(21)32-27(33-26)37-15-18-6-5-8-35(18)3/h10-13,17-18,29H,4-9,14-15H2,1-3H3,(H,31,34). The first kappa shape index (κ1) is 24.0. The molecule has 0 aliphatic carbocycles. The van der Waals surface area contributed by atoms with Gasteiger partial charge in [-0.15, -0.1) is 0 Å². The Morgan fingerprint density at radius 3 is 2.86 bits per heavy atom. The number of pyridine rings is 1. The number of aromatic nitrogens is 5. The van der Waals surface area contributed by atoms with Crippen molar-refractivity contribution in [2.24, 2.45) is 0 Å². The van der Waals surface area contributed by atoms with E-state index in [1.807, 2.05) is 19.1 Å². The Hall–Kier alpha value is -3.37. The molecule has 0 amide bonds. The quantitative estimate of drug-likeness (QED) is 0.394. The van der Waals surface area contributed by atoms with E-state index in [0.29, 0.717) is 35.5 Å². The van der Waals surface area contributed by atoms with Gasteiger partial charge in [0.15, 0.2) is 5.82 Å². The fraction of sp³-hybridized carbons (Fsp3) is 0.481. The minimum atomic E-state index is -0.473. The summed E-state index contributed by atoms with van der Waals surface area (Å²) in [4.78, 5) is 18.5. The Labute approximate surface area is 215 Å². The van der Waals surface area contributed by atoms with E-state index in [4.69, 9.17) is 9.72 Å². The van der Waals surface area contributed by atoms with Gasteiger partial charge in [-0.05, 0) is 64.0 Å². The van der Waals surface area contributed by atoms with Gasteiger partial charge in [0.25, 0.3) is 0 Å². The molecule has 5 heterocycles. The van der Waals surface area contributed by atoms with Crippen molar-refractivity contribution < 1.29 is 9.13 Å². The Morgan fingerprint density at radius 1 is 1.16 bits per heavy atom. The summed E-state index contributed by atoms with van der Waals surface area (Å²) in [6.45, 7) is 8.15. The number of hydrogen-bond acceptors (Lipinski definition) is 8. The van der Waals surface area contributed by atoms with Crippen LogP contribution in [0.5, 0.6) is 6.01 Å². The highest BCUT2D eigenvalue weighted by atomic mass is 19.1. The first-order valence-electron chi connectivity index (χ1n) is 13.1. The van der Waals surface area contributed by atoms with Gasteiger partial charge in [-0.1, -0.05) is 6.92 Å². The van der Waals surface area contributed by atoms with Crippen LogP contribution in [-0.2, 0) is 0 Å². The van der Waals surface area contributed by atoms with Crippen LogP contribution in [0.4, 0.5) is 10.2 Å². The molecular weight excluding hydrogens is 471 g/mol. The molecule has 0 radical (unpaired) electrons. The van der Waals surface area contributed by atoms with Gasteiger partial charge in [0.05, 0.1) is 17.1 Å². The van der Waals surface area contributed by atoms with Gasteiger partial charge in [-0.25, -0.2) is 4.39 Å². The number of nitrogens with zero attached hydrogens (tertiary/aromatic N) is 6. The molecule has 6 rings (SSSR count). The van der Waals surface area contributed by atoms with Crippen molar-refractivity contribution in [1.82, 2.24) is 35.4 Å². The molecule has 2 saturated heterocycles. The van der Waals surface area contributed by atoms with E-state index in [-0.39, 0.29) is 17.2 Å². The highest BCUT2D eigenvalue weighted by Gasteiger charge is 2.28. The van der Waals surface area contributed by atoms with Crippen LogP contribution in [-0.4, -0.2) is 82.0 Å². The first-order valence-corrected chi connectivity index (χ1v) is 13.1. The average molecular weight is 505 g/mol. The third-order valence-corrected chi connectivity index (χ3v) is 7.66. The molecule has 1 aromatic carbocycles. The van der Waals surface area contributed by atoms with Crippen molar-refractivity contribution in [3.63, 3.8) is 0 Å². The molecule has 2 aliphatic rings. The van der Waals surface area contributed by atoms with Gasteiger partial charge >= 0.3 is 6.01 Å². The van der Waals surface area contributed by atoms with Crippen molar-refractivity contribution in [2.75, 3.05) is 44.7 Å². The molecule has 0 saturated carbocycles. The summed E-state index contributed by atoms with van der Waals surface area (Å²) in [5.74, 6) is 0.204. The maximum Gasteiger partial charge on any atom is 0.319 e. The molecule has 2 atom stereocenters. The van der Waals surface area contributed by atoms with E-state index < -0.39 is 5.82 Å². The number of nitrogens with one attached hydrogen (secondary N) is 2. The highest BCUT2D eigenvalue weighted by Crippen LogP contribution is 2.35. The van der Waals surface area contributed by atoms with E-state index in [2.05, 4.69) is 49.3 Å². The van der Waals surface area contributed by atoms with Crippen LogP contribution >= 0.6 is 0 Å². The monoisotopic (exact) mass is 504 g/mol. The Bertz CT molecular complexity index is 1440. The van der Waals surface area contributed by atoms with E-state index in [1.165, 1.54) is 0 Å². The maximum atomic E-state index is 16.3. The van der Waals surface area contributed by atoms with Crippen molar-refractivity contribution in [1.29, 1.82) is 0 Å². The minimum absolute atomic E-state index is 0.212. The van der Waals surface area contributed by atoms with E-state index >= 15 is 4.39 Å². The van der Waals surface area contributed by atoms with Crippen LogP contribution in [0.15, 0.2) is 24.5 Å². The number of aromatic amines is 1. The Morgan fingerprint density at radius 2 is 2.05 bits per heavy atom. The molecule has 9 nitrogen and oxygen atoms in total. The van der Waals surface area contributed by atoms with Crippen LogP contribution in [0.2, 0.25) is 0 Å². The normalized spacial score (nSPS) is 20.5. The fourth-order valence-electron chi connectivity index (χ4n) is 5.68. The molecule has 10 heteroatoms. The topological polar surface area (TPSA) is 95.1 Å². The van der Waals surface area contributed by atoms with Crippen molar-refractivity contribution in [3.8, 4) is 17.3 Å². The third-order valence-electron chi connectivity index (χ3n) is 7.66. The number of fused-ring (bicyclic) bond motifs is 2. The molecule has 3 aromatic heterocycles. The lowest BCUT2D eigenvalue weighted by Gasteiger charge is -2.22. The second-order valence-corrected chi connectivity index (χ2v) is 10.2. The number of likely N-dealkylation sites (N-methyl/N-ethyl adjacent to an activating group) is 2. The molecule has 194 valence electrons. The highest BCUT2D eigenvalue weighted by molar-refractivity contribution is 5.98. The maximum absolute atomic E-state index is 16.3. The summed E-state index contributed by atoms with van der Waals surface area (Å²) in [7, 11) is 2.11. The number of ether oxygens (including phenoxy) is 1. The number of hydrogen-bond donors (Lipinski definition) is 2. The first-order chi connectivity index (χ1) is 18.0. The lowest BCUT2D eigenvalue weighted by Crippen LogP contribution is -2.33. The zero-order valence-corrected chi connectivity index (χ0v) is 21.6. The van der Waals surface area contributed by atoms with E-state index in [1.54, 1.807) is 12.4 Å². The Balaban J connectivity index is 1.45. The molecule has 0 spiro atoms. The van der Waals surface area contributed by atoms with E-state index in [9.17, 15) is 0 Å². The molecule has 4 aromatic rings. The van der Waals surface area contributed by atoms with Gasteiger partial charge in [0.1, 0.15) is 23.6 Å². The number of benzene rings is 1. The average Bonchev–Trinajstić information content (AvgIpc) is 3.64. The van der Waals surface area contributed by atoms with Gasteiger partial charge in [0.2, 0.25) is 0 Å². The summed E-state index contributed by atoms with van der Waals surface area (Å²) in [6.07, 6.45) is 6.63. The lowest BCUT2D eigenvalue weighted by molar-refractivity contribution is 0.188. The second-order valence-electron chi connectivity index (χ2n) is 10.2. The van der Waals surface area contributed by atoms with Gasteiger partial charge in [0, 0.05) is 42.3 Å². The van der Waals surface area contributed by atoms with Crippen molar-refractivity contribution >= 4 is 27.6 Å². The van der Waals surface area contributed by atoms with Gasteiger partial charge < -0.3 is 19.9 Å². The summed E-state index contributed by atoms with van der Waals surface area (Å²) < 4.78 is 22.4. The number of likely N-dealkylation sites (tertiary alicyclic amines) is 1. The van der Waals surface area contributed by atoms with Crippen LogP contribution in [0.25, 0.3) is 33.1 Å². The third kappa shape index (κ3) is 4.48. The predicted octanol–water partition coefficient (Wildman–Crippen LogP) is 3.68. The molecule has 2 fully saturated rings. The van der Waals surface area contributed by atoms with Crippen LogP contribution < -0.4 is 15.0 Å². The smallest absolute Gasteiger partial charge is 0.319 e. The van der Waals surface area contributed by atoms with Gasteiger partial charge in [-0.3, -0.25) is 10.1 Å². The zero-order valence-electron chi connectivity index (χ0n) is 21.6. The molecule has 2 aliphatic heterocycles. The number of rotatable bonds is 7. The molecule has 37 heavy (non-hydrogen) atoms. The largest absolute Gasteiger partial charge is 0.462 e. The number of H-pyrrole nitrogens is 1. The summed E-state index contributed by atoms with van der Waals surface area (Å²) >= 11 is 0. The van der Waals surface area contributed by atoms with Crippen molar-refractivity contribution in [3.05, 3.63) is 35.9 Å². The molecule has 0 bridgehead atoms. The van der Waals surface area contributed by atoms with Crippen LogP contribution in [0.1, 0.15) is 31.7 Å². The molecular formula is C27H33FN8O. The van der Waals surface area contributed by atoms with Crippen LogP contribution in [0, 0.1) is 12.7 Å². The fourth-order valence-corrected chi connectivity index (χ4v) is 5.68. The van der Waals surface area contributed by atoms with Gasteiger partial charge in [-0.2, -0.15) is 15.1 Å². The number of anilines is 1. The zero-order chi connectivity index (χ0) is 25.5. The molecule has 2 N–H and O–H groups in total. The van der Waals surface area contributed by atoms with E-state index in [0.717, 1.165) is 61.9 Å². The molecule has 2 unspecified atom stereocenters. The second kappa shape index (κ2) is 9.83. The number of aryl methyl sites for hydroxylation is 1. The minimum Gasteiger partial charge on any atom is -0.462 e.